The molecule has 21 heavy (non-hydrogen) atoms. The van der Waals surface area contributed by atoms with Crippen LogP contribution in [0.4, 0.5) is 5.69 Å². The molecule has 0 bridgehead atoms. The summed E-state index contributed by atoms with van der Waals surface area (Å²) in [6, 6.07) is 5.58. The van der Waals surface area contributed by atoms with Crippen molar-refractivity contribution in [2.45, 2.75) is 24.8 Å². The molecule has 2 heterocycles. The minimum atomic E-state index is -3.85. The lowest BCUT2D eigenvalue weighted by Crippen LogP contribution is -2.20. The van der Waals surface area contributed by atoms with Gasteiger partial charge < -0.3 is 4.57 Å². The van der Waals surface area contributed by atoms with Gasteiger partial charge in [-0.05, 0) is 24.6 Å². The zero-order valence-corrected chi connectivity index (χ0v) is 12.9. The number of hydrogen-bond acceptors (Lipinski definition) is 4. The van der Waals surface area contributed by atoms with E-state index in [2.05, 4.69) is 9.71 Å². The second-order valence-electron chi connectivity index (χ2n) is 4.35. The average Bonchev–Trinajstić information content (AvgIpc) is 2.43. The number of aryl methyl sites for hydroxylation is 1. The maximum Gasteiger partial charge on any atom is 0.265 e. The molecule has 0 unspecified atom stereocenters. The fourth-order valence-corrected chi connectivity index (χ4v) is 3.29. The van der Waals surface area contributed by atoms with Gasteiger partial charge in [-0.15, -0.1) is 0 Å². The van der Waals surface area contributed by atoms with Crippen molar-refractivity contribution in [3.8, 4) is 0 Å². The number of nitrogens with one attached hydrogen (secondary N) is 1. The summed E-state index contributed by atoms with van der Waals surface area (Å²) in [5.74, 6) is 0. The number of sulfonamides is 1. The number of aromatic nitrogens is 2. The van der Waals surface area contributed by atoms with Crippen LogP contribution >= 0.6 is 11.6 Å². The van der Waals surface area contributed by atoms with E-state index >= 15 is 0 Å². The number of rotatable bonds is 5. The van der Waals surface area contributed by atoms with Crippen LogP contribution in [0.25, 0.3) is 0 Å². The zero-order valence-electron chi connectivity index (χ0n) is 11.3. The molecule has 0 aromatic carbocycles. The lowest BCUT2D eigenvalue weighted by molar-refractivity contribution is 0.600. The fraction of sp³-hybridized carbons (Fsp3) is 0.231. The van der Waals surface area contributed by atoms with E-state index in [1.54, 1.807) is 0 Å². The monoisotopic (exact) mass is 327 g/mol. The van der Waals surface area contributed by atoms with Crippen LogP contribution in [0.5, 0.6) is 0 Å². The van der Waals surface area contributed by atoms with Gasteiger partial charge in [-0.25, -0.2) is 13.4 Å². The molecule has 2 rings (SSSR count). The second-order valence-corrected chi connectivity index (χ2v) is 6.36. The predicted octanol–water partition coefficient (Wildman–Crippen LogP) is 2.11. The molecule has 0 saturated carbocycles. The molecule has 0 saturated heterocycles. The number of hydrogen-bond donors (Lipinski definition) is 1. The zero-order chi connectivity index (χ0) is 15.5. The molecule has 0 spiro atoms. The summed E-state index contributed by atoms with van der Waals surface area (Å²) >= 11 is 5.80. The summed E-state index contributed by atoms with van der Waals surface area (Å²) in [6.07, 6.45) is 3.64. The van der Waals surface area contributed by atoms with Crippen LogP contribution in [0.3, 0.4) is 0 Å². The Morgan fingerprint density at radius 3 is 2.76 bits per heavy atom. The Kier molecular flexibility index (Phi) is 4.64. The maximum atomic E-state index is 12.3. The largest absolute Gasteiger partial charge is 0.313 e. The van der Waals surface area contributed by atoms with E-state index in [1.165, 1.54) is 41.2 Å². The molecule has 6 nitrogen and oxygen atoms in total. The van der Waals surface area contributed by atoms with E-state index in [9.17, 15) is 13.2 Å². The Morgan fingerprint density at radius 1 is 1.33 bits per heavy atom. The fourth-order valence-electron chi connectivity index (χ4n) is 1.79. The van der Waals surface area contributed by atoms with Crippen molar-refractivity contribution in [1.82, 2.24) is 9.55 Å². The molecule has 0 radical (unpaired) electrons. The molecule has 0 aliphatic carbocycles. The van der Waals surface area contributed by atoms with Gasteiger partial charge in [0.1, 0.15) is 10.0 Å². The van der Waals surface area contributed by atoms with Crippen molar-refractivity contribution in [3.63, 3.8) is 0 Å². The molecule has 112 valence electrons. The van der Waals surface area contributed by atoms with E-state index in [4.69, 9.17) is 11.6 Å². The summed E-state index contributed by atoms with van der Waals surface area (Å²) in [6.45, 7) is 2.45. The lowest BCUT2D eigenvalue weighted by Gasteiger charge is -2.11. The normalized spacial score (nSPS) is 11.3. The standard InChI is InChI=1S/C13H14ClN3O3S/c1-2-8-17-9-10(5-6-12(17)18)16-21(19,20)11-4-3-7-15-13(11)14/h3-7,9,16H,2,8H2,1H3. The first kappa shape index (κ1) is 15.5. The van der Waals surface area contributed by atoms with Gasteiger partial charge >= 0.3 is 0 Å². The van der Waals surface area contributed by atoms with Crippen LogP contribution in [-0.4, -0.2) is 18.0 Å². The Labute approximate surface area is 127 Å². The molecule has 0 atom stereocenters. The first-order chi connectivity index (χ1) is 9.94. The molecule has 0 fully saturated rings. The molecule has 2 aromatic heterocycles. The summed E-state index contributed by atoms with van der Waals surface area (Å²) in [4.78, 5) is 15.2. The third kappa shape index (κ3) is 3.62. The molecular formula is C13H14ClN3O3S. The van der Waals surface area contributed by atoms with Crippen LogP contribution in [0.2, 0.25) is 5.15 Å². The van der Waals surface area contributed by atoms with E-state index in [1.807, 2.05) is 6.92 Å². The van der Waals surface area contributed by atoms with Crippen molar-refractivity contribution in [2.24, 2.45) is 0 Å². The summed E-state index contributed by atoms with van der Waals surface area (Å²) in [7, 11) is -3.85. The van der Waals surface area contributed by atoms with Crippen LogP contribution in [0.1, 0.15) is 13.3 Å². The van der Waals surface area contributed by atoms with Gasteiger partial charge in [0.05, 0.1) is 5.69 Å². The van der Waals surface area contributed by atoms with Crippen molar-refractivity contribution in [3.05, 3.63) is 52.2 Å². The third-order valence-electron chi connectivity index (χ3n) is 2.71. The van der Waals surface area contributed by atoms with Gasteiger partial charge in [-0.1, -0.05) is 18.5 Å². The molecule has 8 heteroatoms. The SMILES string of the molecule is CCCn1cc(NS(=O)(=O)c2cccnc2Cl)ccc1=O. The lowest BCUT2D eigenvalue weighted by atomic mass is 10.4. The Balaban J connectivity index is 2.35. The number of nitrogens with zero attached hydrogens (tertiary/aromatic N) is 2. The molecule has 0 amide bonds. The third-order valence-corrected chi connectivity index (χ3v) is 4.54. The number of halogens is 1. The van der Waals surface area contributed by atoms with Gasteiger partial charge in [0.15, 0.2) is 0 Å². The maximum absolute atomic E-state index is 12.3. The van der Waals surface area contributed by atoms with Crippen molar-refractivity contribution in [2.75, 3.05) is 4.72 Å². The highest BCUT2D eigenvalue weighted by molar-refractivity contribution is 7.92. The first-order valence-electron chi connectivity index (χ1n) is 6.28. The molecule has 2 aromatic rings. The second kappa shape index (κ2) is 6.28. The van der Waals surface area contributed by atoms with Gasteiger partial charge in [-0.3, -0.25) is 9.52 Å². The highest BCUT2D eigenvalue weighted by atomic mass is 35.5. The number of pyridine rings is 2. The average molecular weight is 328 g/mol. The van der Waals surface area contributed by atoms with Crippen LogP contribution in [0, 0.1) is 0 Å². The van der Waals surface area contributed by atoms with Crippen molar-refractivity contribution < 1.29 is 8.42 Å². The highest BCUT2D eigenvalue weighted by Crippen LogP contribution is 2.20. The van der Waals surface area contributed by atoms with E-state index < -0.39 is 10.0 Å². The predicted molar refractivity (Wildman–Crippen MR) is 81.0 cm³/mol. The van der Waals surface area contributed by atoms with Crippen LogP contribution in [0.15, 0.2) is 46.3 Å². The Hall–Kier alpha value is -1.86. The summed E-state index contributed by atoms with van der Waals surface area (Å²) in [5, 5.41) is -0.105. The van der Waals surface area contributed by atoms with Gasteiger partial charge in [0.2, 0.25) is 0 Å². The van der Waals surface area contributed by atoms with Crippen molar-refractivity contribution >= 4 is 27.3 Å². The van der Waals surface area contributed by atoms with E-state index in [-0.39, 0.29) is 15.6 Å². The summed E-state index contributed by atoms with van der Waals surface area (Å²) < 4.78 is 28.3. The molecule has 0 aliphatic heterocycles. The summed E-state index contributed by atoms with van der Waals surface area (Å²) in [5.41, 5.74) is 0.113. The minimum absolute atomic E-state index is 0.105. The first-order valence-corrected chi connectivity index (χ1v) is 8.14. The molecule has 0 aliphatic rings. The van der Waals surface area contributed by atoms with Gasteiger partial charge in [-0.2, -0.15) is 0 Å². The molecular weight excluding hydrogens is 314 g/mol. The Morgan fingerprint density at radius 2 is 2.10 bits per heavy atom. The van der Waals surface area contributed by atoms with Crippen LogP contribution < -0.4 is 10.3 Å². The highest BCUT2D eigenvalue weighted by Gasteiger charge is 2.18. The quantitative estimate of drug-likeness (QED) is 0.853. The number of anilines is 1. The molecule has 1 N–H and O–H groups in total. The Bertz CT molecular complexity index is 802. The minimum Gasteiger partial charge on any atom is -0.313 e. The van der Waals surface area contributed by atoms with E-state index in [0.29, 0.717) is 12.2 Å². The smallest absolute Gasteiger partial charge is 0.265 e. The van der Waals surface area contributed by atoms with Crippen LogP contribution in [-0.2, 0) is 16.6 Å². The van der Waals surface area contributed by atoms with Gasteiger partial charge in [0, 0.05) is 25.0 Å². The van der Waals surface area contributed by atoms with Crippen molar-refractivity contribution in [1.29, 1.82) is 0 Å². The topological polar surface area (TPSA) is 81.1 Å². The van der Waals surface area contributed by atoms with Gasteiger partial charge in [0.25, 0.3) is 15.6 Å². The van der Waals surface area contributed by atoms with E-state index in [0.717, 1.165) is 6.42 Å².